The molecule has 1 saturated heterocycles. The van der Waals surface area contributed by atoms with E-state index in [0.717, 1.165) is 37.3 Å². The quantitative estimate of drug-likeness (QED) is 0.802. The van der Waals surface area contributed by atoms with Gasteiger partial charge in [-0.3, -0.25) is 0 Å². The maximum Gasteiger partial charge on any atom is 0.128 e. The number of fused-ring (bicyclic) bond motifs is 1. The van der Waals surface area contributed by atoms with Crippen LogP contribution in [0.2, 0.25) is 0 Å². The predicted octanol–water partition coefficient (Wildman–Crippen LogP) is 3.83. The molecule has 1 aliphatic heterocycles. The van der Waals surface area contributed by atoms with Gasteiger partial charge in [-0.15, -0.1) is 11.6 Å². The molecule has 0 amide bonds. The van der Waals surface area contributed by atoms with Crippen LogP contribution in [0.4, 0.5) is 4.39 Å². The Labute approximate surface area is 129 Å². The van der Waals surface area contributed by atoms with Crippen LogP contribution in [-0.4, -0.2) is 28.1 Å². The summed E-state index contributed by atoms with van der Waals surface area (Å²) >= 11 is 5.88. The average molecular weight is 311 g/mol. The highest BCUT2D eigenvalue weighted by atomic mass is 35.5. The number of aromatic nitrogens is 2. The van der Waals surface area contributed by atoms with Crippen molar-refractivity contribution in [1.82, 2.24) is 9.55 Å². The Bertz CT molecular complexity index is 635. The van der Waals surface area contributed by atoms with Crippen molar-refractivity contribution in [2.24, 2.45) is 0 Å². The van der Waals surface area contributed by atoms with Crippen LogP contribution in [0.15, 0.2) is 12.1 Å². The van der Waals surface area contributed by atoms with Crippen LogP contribution in [0.25, 0.3) is 11.0 Å². The van der Waals surface area contributed by atoms with Gasteiger partial charge in [0.2, 0.25) is 0 Å². The molecule has 0 spiro atoms. The van der Waals surface area contributed by atoms with Crippen LogP contribution in [-0.2, 0) is 17.7 Å². The number of nitrogens with zero attached hydrogens (tertiary/aromatic N) is 2. The predicted molar refractivity (Wildman–Crippen MR) is 82.4 cm³/mol. The third-order valence-electron chi connectivity index (χ3n) is 4.09. The molecule has 5 heteroatoms. The molecule has 0 aliphatic carbocycles. The fourth-order valence-electron chi connectivity index (χ4n) is 2.93. The second-order valence-corrected chi connectivity index (χ2v) is 6.03. The third kappa shape index (κ3) is 3.06. The van der Waals surface area contributed by atoms with E-state index in [9.17, 15) is 4.39 Å². The van der Waals surface area contributed by atoms with E-state index in [1.165, 1.54) is 12.5 Å². The number of hydrogen-bond acceptors (Lipinski definition) is 2. The molecule has 1 aromatic carbocycles. The molecule has 3 rings (SSSR count). The number of halogens is 2. The van der Waals surface area contributed by atoms with E-state index >= 15 is 0 Å². The highest BCUT2D eigenvalue weighted by Gasteiger charge is 2.19. The highest BCUT2D eigenvalue weighted by Crippen LogP contribution is 2.23. The van der Waals surface area contributed by atoms with E-state index in [1.54, 1.807) is 6.92 Å². The Morgan fingerprint density at radius 1 is 1.43 bits per heavy atom. The zero-order valence-corrected chi connectivity index (χ0v) is 13.0. The van der Waals surface area contributed by atoms with E-state index in [-0.39, 0.29) is 11.9 Å². The zero-order chi connectivity index (χ0) is 14.8. The van der Waals surface area contributed by atoms with E-state index in [2.05, 4.69) is 9.55 Å². The summed E-state index contributed by atoms with van der Waals surface area (Å²) in [4.78, 5) is 4.55. The Balaban J connectivity index is 2.00. The van der Waals surface area contributed by atoms with E-state index in [4.69, 9.17) is 16.3 Å². The first-order valence-electron chi connectivity index (χ1n) is 7.52. The Morgan fingerprint density at radius 2 is 2.29 bits per heavy atom. The summed E-state index contributed by atoms with van der Waals surface area (Å²) in [6, 6.07) is 3.39. The fraction of sp³-hybridized carbons (Fsp3) is 0.562. The number of hydrogen-bond donors (Lipinski definition) is 0. The number of imidazole rings is 1. The SMILES string of the molecule is Cc1cc2c(cc1F)nc(CCCl)n2CC1CCCCO1. The Hall–Kier alpha value is -1.13. The van der Waals surface area contributed by atoms with E-state index in [1.807, 2.05) is 6.07 Å². The lowest BCUT2D eigenvalue weighted by atomic mass is 10.1. The average Bonchev–Trinajstić information content (AvgIpc) is 2.79. The molecule has 0 radical (unpaired) electrons. The molecule has 1 atom stereocenters. The van der Waals surface area contributed by atoms with Gasteiger partial charge < -0.3 is 9.30 Å². The van der Waals surface area contributed by atoms with Crippen molar-refractivity contribution in [3.05, 3.63) is 29.3 Å². The molecule has 1 fully saturated rings. The van der Waals surface area contributed by atoms with Crippen LogP contribution >= 0.6 is 11.6 Å². The van der Waals surface area contributed by atoms with Crippen molar-refractivity contribution in [2.75, 3.05) is 12.5 Å². The number of ether oxygens (including phenoxy) is 1. The summed E-state index contributed by atoms with van der Waals surface area (Å²) in [5.41, 5.74) is 2.32. The van der Waals surface area contributed by atoms with Gasteiger partial charge in [-0.25, -0.2) is 9.37 Å². The normalized spacial score (nSPS) is 19.3. The minimum Gasteiger partial charge on any atom is -0.376 e. The monoisotopic (exact) mass is 310 g/mol. The molecule has 0 N–H and O–H groups in total. The lowest BCUT2D eigenvalue weighted by Crippen LogP contribution is -2.25. The lowest BCUT2D eigenvalue weighted by molar-refractivity contribution is 0.00621. The molecular weight excluding hydrogens is 291 g/mol. The molecule has 1 aliphatic rings. The van der Waals surface area contributed by atoms with Crippen LogP contribution in [0.5, 0.6) is 0 Å². The molecule has 2 aromatic rings. The third-order valence-corrected chi connectivity index (χ3v) is 4.27. The van der Waals surface area contributed by atoms with Gasteiger partial charge in [0.15, 0.2) is 0 Å². The van der Waals surface area contributed by atoms with Gasteiger partial charge in [0, 0.05) is 25.0 Å². The Morgan fingerprint density at radius 3 is 3.00 bits per heavy atom. The summed E-state index contributed by atoms with van der Waals surface area (Å²) in [5.74, 6) is 1.22. The van der Waals surface area contributed by atoms with Gasteiger partial charge >= 0.3 is 0 Å². The van der Waals surface area contributed by atoms with Gasteiger partial charge in [0.25, 0.3) is 0 Å². The number of aryl methyl sites for hydroxylation is 2. The zero-order valence-electron chi connectivity index (χ0n) is 12.2. The van der Waals surface area contributed by atoms with Gasteiger partial charge in [0.05, 0.1) is 23.7 Å². The molecular formula is C16H20ClFN2O. The first-order chi connectivity index (χ1) is 10.2. The maximum atomic E-state index is 13.7. The smallest absolute Gasteiger partial charge is 0.128 e. The topological polar surface area (TPSA) is 27.1 Å². The Kier molecular flexibility index (Phi) is 4.45. The molecule has 1 unspecified atom stereocenters. The second-order valence-electron chi connectivity index (χ2n) is 5.66. The van der Waals surface area contributed by atoms with Crippen molar-refractivity contribution >= 4 is 22.6 Å². The molecule has 2 heterocycles. The maximum absolute atomic E-state index is 13.7. The van der Waals surface area contributed by atoms with Gasteiger partial charge in [-0.05, 0) is 37.8 Å². The highest BCUT2D eigenvalue weighted by molar-refractivity contribution is 6.17. The largest absolute Gasteiger partial charge is 0.376 e. The van der Waals surface area contributed by atoms with Crippen molar-refractivity contribution in [1.29, 1.82) is 0 Å². The summed E-state index contributed by atoms with van der Waals surface area (Å²) in [5, 5.41) is 0. The van der Waals surface area contributed by atoms with Crippen LogP contribution in [0, 0.1) is 12.7 Å². The molecule has 1 aromatic heterocycles. The second kappa shape index (κ2) is 6.32. The summed E-state index contributed by atoms with van der Waals surface area (Å²) in [7, 11) is 0. The van der Waals surface area contributed by atoms with Gasteiger partial charge in [-0.2, -0.15) is 0 Å². The molecule has 114 valence electrons. The van der Waals surface area contributed by atoms with Crippen molar-refractivity contribution in [2.45, 2.75) is 45.3 Å². The summed E-state index contributed by atoms with van der Waals surface area (Å²) < 4.78 is 21.7. The molecule has 21 heavy (non-hydrogen) atoms. The van der Waals surface area contributed by atoms with E-state index < -0.39 is 0 Å². The van der Waals surface area contributed by atoms with Crippen LogP contribution in [0.1, 0.15) is 30.7 Å². The molecule has 0 saturated carbocycles. The minimum atomic E-state index is -0.210. The van der Waals surface area contributed by atoms with Crippen molar-refractivity contribution in [3.8, 4) is 0 Å². The van der Waals surface area contributed by atoms with Gasteiger partial charge in [0.1, 0.15) is 11.6 Å². The standard InChI is InChI=1S/C16H20ClFN2O/c1-11-8-15-14(9-13(11)18)19-16(5-6-17)20(15)10-12-4-2-3-7-21-12/h8-9,12H,2-7,10H2,1H3. The van der Waals surface area contributed by atoms with Crippen LogP contribution in [0.3, 0.4) is 0 Å². The number of alkyl halides is 1. The first kappa shape index (κ1) is 14.8. The van der Waals surface area contributed by atoms with Crippen molar-refractivity contribution < 1.29 is 9.13 Å². The van der Waals surface area contributed by atoms with Crippen LogP contribution < -0.4 is 0 Å². The minimum absolute atomic E-state index is 0.210. The number of benzene rings is 1. The molecule has 3 nitrogen and oxygen atoms in total. The van der Waals surface area contributed by atoms with E-state index in [0.29, 0.717) is 23.4 Å². The summed E-state index contributed by atoms with van der Waals surface area (Å²) in [6.07, 6.45) is 4.31. The number of rotatable bonds is 4. The summed E-state index contributed by atoms with van der Waals surface area (Å²) in [6.45, 7) is 3.38. The first-order valence-corrected chi connectivity index (χ1v) is 8.05. The van der Waals surface area contributed by atoms with Gasteiger partial charge in [-0.1, -0.05) is 0 Å². The lowest BCUT2D eigenvalue weighted by Gasteiger charge is -2.24. The van der Waals surface area contributed by atoms with Crippen molar-refractivity contribution in [3.63, 3.8) is 0 Å². The molecule has 0 bridgehead atoms. The fourth-order valence-corrected chi connectivity index (χ4v) is 3.10.